The van der Waals surface area contributed by atoms with E-state index in [9.17, 15) is 0 Å². The van der Waals surface area contributed by atoms with Crippen LogP contribution in [0, 0.1) is 5.41 Å². The summed E-state index contributed by atoms with van der Waals surface area (Å²) in [6, 6.07) is 13.6. The van der Waals surface area contributed by atoms with Crippen molar-refractivity contribution in [3.8, 4) is 0 Å². The Morgan fingerprint density at radius 2 is 1.90 bits per heavy atom. The third-order valence-corrected chi connectivity index (χ3v) is 5.38. The standard InChI is InChI=1S/C23H27N5S/c24-13-19(15-29)18-6-7-21(25)20(12-18)23(27)22(26)11-16-4-3-5-17(10-16)14-28-8-1-2-9-28/h3-7,10-13,15,27H,1-2,8-9,14,24-26H2/b19-13?,22-11-,27-23?. The summed E-state index contributed by atoms with van der Waals surface area (Å²) in [7, 11) is 0. The normalized spacial score (nSPS) is 15.4. The molecule has 0 aliphatic carbocycles. The average molecular weight is 406 g/mol. The summed E-state index contributed by atoms with van der Waals surface area (Å²) in [4.78, 5) is 2.46. The minimum absolute atomic E-state index is 0.176. The Hall–Kier alpha value is -2.96. The topological polar surface area (TPSA) is 105 Å². The molecular weight excluding hydrogens is 378 g/mol. The van der Waals surface area contributed by atoms with Gasteiger partial charge >= 0.3 is 0 Å². The average Bonchev–Trinajstić information content (AvgIpc) is 3.22. The van der Waals surface area contributed by atoms with Gasteiger partial charge in [-0.05, 0) is 60.8 Å². The molecule has 0 atom stereocenters. The smallest absolute Gasteiger partial charge is 0.0862 e. The predicted octanol–water partition coefficient (Wildman–Crippen LogP) is 3.53. The van der Waals surface area contributed by atoms with E-state index in [1.165, 1.54) is 30.0 Å². The zero-order valence-corrected chi connectivity index (χ0v) is 17.2. The molecule has 0 unspecified atom stereocenters. The lowest BCUT2D eigenvalue weighted by Gasteiger charge is -2.15. The highest BCUT2D eigenvalue weighted by atomic mass is 32.1. The molecule has 1 aliphatic heterocycles. The molecule has 29 heavy (non-hydrogen) atoms. The van der Waals surface area contributed by atoms with Crippen molar-refractivity contribution in [2.75, 3.05) is 18.8 Å². The second kappa shape index (κ2) is 9.49. The molecule has 0 spiro atoms. The molecule has 0 saturated carbocycles. The van der Waals surface area contributed by atoms with E-state index in [1.54, 1.807) is 12.1 Å². The number of benzene rings is 2. The van der Waals surface area contributed by atoms with E-state index in [4.69, 9.17) is 34.8 Å². The predicted molar refractivity (Wildman–Crippen MR) is 127 cm³/mol. The summed E-state index contributed by atoms with van der Waals surface area (Å²) in [5.74, 6) is 0. The van der Waals surface area contributed by atoms with Gasteiger partial charge in [-0.1, -0.05) is 42.5 Å². The molecule has 150 valence electrons. The number of nitrogens with zero attached hydrogens (tertiary/aromatic N) is 1. The maximum absolute atomic E-state index is 8.54. The van der Waals surface area contributed by atoms with Gasteiger partial charge in [-0.15, -0.1) is 0 Å². The lowest BCUT2D eigenvalue weighted by molar-refractivity contribution is 0.331. The summed E-state index contributed by atoms with van der Waals surface area (Å²) in [5, 5.41) is 10.0. The van der Waals surface area contributed by atoms with Crippen molar-refractivity contribution in [2.45, 2.75) is 19.4 Å². The van der Waals surface area contributed by atoms with E-state index in [0.29, 0.717) is 22.5 Å². The van der Waals surface area contributed by atoms with Crippen LogP contribution in [0.15, 0.2) is 54.4 Å². The van der Waals surface area contributed by atoms with Crippen LogP contribution in [-0.2, 0) is 6.54 Å². The molecule has 2 aromatic rings. The van der Waals surface area contributed by atoms with Gasteiger partial charge in [-0.3, -0.25) is 10.3 Å². The van der Waals surface area contributed by atoms with Gasteiger partial charge in [0.2, 0.25) is 0 Å². The Balaban J connectivity index is 1.83. The van der Waals surface area contributed by atoms with E-state index in [1.807, 2.05) is 24.3 Å². The number of likely N-dealkylation sites (tertiary alicyclic amines) is 1. The third-order valence-electron chi connectivity index (χ3n) is 5.13. The summed E-state index contributed by atoms with van der Waals surface area (Å²) >= 11 is 5.00. The molecule has 3 rings (SSSR count). The van der Waals surface area contributed by atoms with Crippen LogP contribution in [0.3, 0.4) is 0 Å². The number of hydrogen-bond acceptors (Lipinski definition) is 6. The van der Waals surface area contributed by atoms with E-state index in [0.717, 1.165) is 30.8 Å². The van der Waals surface area contributed by atoms with Gasteiger partial charge in [0, 0.05) is 34.9 Å². The fraction of sp³-hybridized carbons (Fsp3) is 0.217. The van der Waals surface area contributed by atoms with Crippen molar-refractivity contribution < 1.29 is 0 Å². The summed E-state index contributed by atoms with van der Waals surface area (Å²) in [6.07, 6.45) is 5.81. The molecule has 2 aromatic carbocycles. The SMILES string of the molecule is N=C(/C(N)=C/c1cccc(CN2CCCC2)c1)c1cc(C(C=S)=CN)ccc1N. The van der Waals surface area contributed by atoms with Crippen molar-refractivity contribution in [1.29, 1.82) is 5.41 Å². The first kappa shape index (κ1) is 20.8. The van der Waals surface area contributed by atoms with Gasteiger partial charge in [0.15, 0.2) is 0 Å². The number of nitrogens with one attached hydrogen (secondary N) is 1. The number of anilines is 1. The zero-order valence-electron chi connectivity index (χ0n) is 16.4. The number of allylic oxidation sites excluding steroid dienone is 2. The van der Waals surface area contributed by atoms with Crippen LogP contribution in [0.25, 0.3) is 11.6 Å². The van der Waals surface area contributed by atoms with Crippen LogP contribution >= 0.6 is 12.2 Å². The Morgan fingerprint density at radius 3 is 2.59 bits per heavy atom. The van der Waals surface area contributed by atoms with E-state index >= 15 is 0 Å². The van der Waals surface area contributed by atoms with Crippen LogP contribution < -0.4 is 17.2 Å². The summed E-state index contributed by atoms with van der Waals surface area (Å²) in [6.45, 7) is 3.26. The van der Waals surface area contributed by atoms with Gasteiger partial charge in [0.05, 0.1) is 11.4 Å². The van der Waals surface area contributed by atoms with Crippen molar-refractivity contribution in [2.24, 2.45) is 11.5 Å². The van der Waals surface area contributed by atoms with Crippen molar-refractivity contribution in [1.82, 2.24) is 4.90 Å². The van der Waals surface area contributed by atoms with Gasteiger partial charge in [0.1, 0.15) is 0 Å². The molecule has 7 N–H and O–H groups in total. The molecule has 1 heterocycles. The van der Waals surface area contributed by atoms with E-state index < -0.39 is 0 Å². The Labute approximate surface area is 177 Å². The summed E-state index contributed by atoms with van der Waals surface area (Å²) in [5.41, 5.74) is 23.3. The first-order valence-electron chi connectivity index (χ1n) is 9.66. The van der Waals surface area contributed by atoms with Gasteiger partial charge in [-0.2, -0.15) is 0 Å². The Morgan fingerprint density at radius 1 is 1.14 bits per heavy atom. The zero-order chi connectivity index (χ0) is 20.8. The van der Waals surface area contributed by atoms with Crippen molar-refractivity contribution in [3.05, 3.63) is 76.6 Å². The Bertz CT molecular complexity index is 971. The first-order valence-corrected chi connectivity index (χ1v) is 10.1. The quantitative estimate of drug-likeness (QED) is 0.244. The maximum atomic E-state index is 8.54. The third kappa shape index (κ3) is 5.10. The van der Waals surface area contributed by atoms with E-state index in [-0.39, 0.29) is 5.71 Å². The second-order valence-corrected chi connectivity index (χ2v) is 7.48. The Kier molecular flexibility index (Phi) is 6.80. The monoisotopic (exact) mass is 405 g/mol. The van der Waals surface area contributed by atoms with Crippen LogP contribution in [0.5, 0.6) is 0 Å². The fourth-order valence-electron chi connectivity index (χ4n) is 3.54. The number of hydrogen-bond donors (Lipinski definition) is 4. The maximum Gasteiger partial charge on any atom is 0.0862 e. The van der Waals surface area contributed by atoms with Crippen molar-refractivity contribution in [3.63, 3.8) is 0 Å². The molecule has 0 aromatic heterocycles. The lowest BCUT2D eigenvalue weighted by atomic mass is 9.98. The van der Waals surface area contributed by atoms with Crippen LogP contribution in [0.4, 0.5) is 5.69 Å². The first-order chi connectivity index (χ1) is 14.0. The molecule has 5 nitrogen and oxygen atoms in total. The fourth-order valence-corrected chi connectivity index (χ4v) is 3.76. The molecule has 0 amide bonds. The minimum Gasteiger partial charge on any atom is -0.404 e. The highest BCUT2D eigenvalue weighted by Gasteiger charge is 2.13. The van der Waals surface area contributed by atoms with Gasteiger partial charge < -0.3 is 17.2 Å². The van der Waals surface area contributed by atoms with Gasteiger partial charge in [0.25, 0.3) is 0 Å². The number of nitrogens with two attached hydrogens (primary N) is 3. The molecule has 1 fully saturated rings. The second-order valence-electron chi connectivity index (χ2n) is 7.24. The van der Waals surface area contributed by atoms with E-state index in [2.05, 4.69) is 17.0 Å². The highest BCUT2D eigenvalue weighted by molar-refractivity contribution is 7.79. The van der Waals surface area contributed by atoms with Crippen molar-refractivity contribution >= 4 is 40.6 Å². The molecule has 6 heteroatoms. The lowest BCUT2D eigenvalue weighted by Crippen LogP contribution is -2.18. The van der Waals surface area contributed by atoms with Gasteiger partial charge in [-0.25, -0.2) is 0 Å². The molecule has 1 aliphatic rings. The molecule has 1 saturated heterocycles. The molecule has 0 bridgehead atoms. The highest BCUT2D eigenvalue weighted by Crippen LogP contribution is 2.22. The van der Waals surface area contributed by atoms with Crippen LogP contribution in [-0.4, -0.2) is 29.1 Å². The number of thiocarbonyl (C=S) groups is 1. The number of nitrogen functional groups attached to an aromatic ring is 1. The summed E-state index contributed by atoms with van der Waals surface area (Å²) < 4.78 is 0. The molecule has 0 radical (unpaired) electrons. The minimum atomic E-state index is 0.176. The van der Waals surface area contributed by atoms with Crippen LogP contribution in [0.1, 0.15) is 35.1 Å². The largest absolute Gasteiger partial charge is 0.404 e. The molecular formula is C23H27N5S. The number of rotatable bonds is 7. The van der Waals surface area contributed by atoms with Crippen LogP contribution in [0.2, 0.25) is 0 Å².